The molecule has 2 atom stereocenters. The van der Waals surface area contributed by atoms with Crippen LogP contribution in [0.2, 0.25) is 0 Å². The quantitative estimate of drug-likeness (QED) is 0.628. The fourth-order valence-electron chi connectivity index (χ4n) is 3.95. The summed E-state index contributed by atoms with van der Waals surface area (Å²) in [7, 11) is 1.31. The summed E-state index contributed by atoms with van der Waals surface area (Å²) in [5, 5.41) is 0.828. The van der Waals surface area contributed by atoms with E-state index < -0.39 is 11.6 Å². The van der Waals surface area contributed by atoms with Crippen LogP contribution in [-0.4, -0.2) is 39.1 Å². The summed E-state index contributed by atoms with van der Waals surface area (Å²) in [5.41, 5.74) is 2.05. The Hall–Kier alpha value is -2.38. The monoisotopic (exact) mass is 374 g/mol. The van der Waals surface area contributed by atoms with Crippen molar-refractivity contribution in [3.05, 3.63) is 39.2 Å². The van der Waals surface area contributed by atoms with Gasteiger partial charge in [0, 0.05) is 12.0 Å². The second-order valence-corrected chi connectivity index (χ2v) is 7.22. The average Bonchev–Trinajstić information content (AvgIpc) is 3.17. The Kier molecular flexibility index (Phi) is 4.88. The zero-order valence-corrected chi connectivity index (χ0v) is 15.6. The molecule has 144 valence electrons. The average molecular weight is 374 g/mol. The summed E-state index contributed by atoms with van der Waals surface area (Å²) in [6.45, 7) is 4.83. The minimum atomic E-state index is -0.495. The van der Waals surface area contributed by atoms with Gasteiger partial charge in [-0.1, -0.05) is 0 Å². The number of fused-ring (bicyclic) bond motifs is 3. The van der Waals surface area contributed by atoms with Crippen LogP contribution in [0.1, 0.15) is 29.5 Å². The maximum atomic E-state index is 12.5. The highest BCUT2D eigenvalue weighted by molar-refractivity contribution is 5.87. The van der Waals surface area contributed by atoms with Gasteiger partial charge >= 0.3 is 11.6 Å². The molecule has 27 heavy (non-hydrogen) atoms. The van der Waals surface area contributed by atoms with Crippen molar-refractivity contribution >= 4 is 16.9 Å². The smallest absolute Gasteiger partial charge is 0.340 e. The van der Waals surface area contributed by atoms with Crippen molar-refractivity contribution in [2.75, 3.05) is 27.0 Å². The van der Waals surface area contributed by atoms with E-state index in [1.54, 1.807) is 0 Å². The number of methoxy groups -OCH3 is 1. The Morgan fingerprint density at radius 2 is 2.22 bits per heavy atom. The van der Waals surface area contributed by atoms with Gasteiger partial charge in [0.2, 0.25) is 6.73 Å². The molecule has 2 aliphatic rings. The molecule has 1 aromatic heterocycles. The van der Waals surface area contributed by atoms with Crippen LogP contribution in [0.25, 0.3) is 11.0 Å². The van der Waals surface area contributed by atoms with Crippen molar-refractivity contribution in [2.45, 2.75) is 38.8 Å². The Balaban J connectivity index is 1.70. The van der Waals surface area contributed by atoms with Crippen LogP contribution in [0.5, 0.6) is 5.75 Å². The van der Waals surface area contributed by atoms with Crippen molar-refractivity contribution in [3.63, 3.8) is 0 Å². The van der Waals surface area contributed by atoms with Gasteiger partial charge in [-0.3, -0.25) is 9.69 Å². The molecule has 1 fully saturated rings. The molecule has 0 amide bonds. The van der Waals surface area contributed by atoms with Gasteiger partial charge in [0.05, 0.1) is 24.7 Å². The second kappa shape index (κ2) is 7.32. The van der Waals surface area contributed by atoms with E-state index in [0.717, 1.165) is 48.3 Å². The minimum Gasteiger partial charge on any atom is -0.469 e. The highest BCUT2D eigenvalue weighted by Gasteiger charge is 2.29. The number of esters is 1. The van der Waals surface area contributed by atoms with Crippen LogP contribution >= 0.6 is 0 Å². The fourth-order valence-corrected chi connectivity index (χ4v) is 3.95. The molecule has 0 saturated carbocycles. The zero-order chi connectivity index (χ0) is 19.0. The number of carbonyl (C=O) groups is 1. The maximum Gasteiger partial charge on any atom is 0.340 e. The Bertz CT molecular complexity index is 928. The Morgan fingerprint density at radius 3 is 2.96 bits per heavy atom. The van der Waals surface area contributed by atoms with Gasteiger partial charge in [0.25, 0.3) is 0 Å². The molecule has 2 aromatic rings. The summed E-state index contributed by atoms with van der Waals surface area (Å²) in [6, 6.07) is 3.80. The summed E-state index contributed by atoms with van der Waals surface area (Å²) in [5.74, 6) is 0.292. The number of carbonyl (C=O) groups excluding carboxylic acids is 1. The Labute approximate surface area is 156 Å². The lowest BCUT2D eigenvalue weighted by atomic mass is 10.00. The first-order valence-electron chi connectivity index (χ1n) is 9.29. The number of quaternary nitrogens is 1. The van der Waals surface area contributed by atoms with Crippen molar-refractivity contribution in [1.29, 1.82) is 0 Å². The van der Waals surface area contributed by atoms with E-state index in [-0.39, 0.29) is 12.5 Å². The Morgan fingerprint density at radius 1 is 1.37 bits per heavy atom. The molecule has 7 heteroatoms. The van der Waals surface area contributed by atoms with Gasteiger partial charge in [-0.05, 0) is 37.5 Å². The minimum absolute atomic E-state index is 0.0927. The normalized spacial score (nSPS) is 21.7. The molecule has 2 aliphatic heterocycles. The third-order valence-electron chi connectivity index (χ3n) is 5.46. The van der Waals surface area contributed by atoms with Gasteiger partial charge in [-0.15, -0.1) is 0 Å². The molecule has 7 nitrogen and oxygen atoms in total. The number of rotatable bonds is 4. The lowest BCUT2D eigenvalue weighted by Crippen LogP contribution is -3.13. The molecule has 3 heterocycles. The largest absolute Gasteiger partial charge is 0.469 e. The van der Waals surface area contributed by atoms with Gasteiger partial charge in [-0.25, -0.2) is 4.79 Å². The van der Waals surface area contributed by atoms with Gasteiger partial charge in [0.15, 0.2) is 5.58 Å². The molecule has 4 rings (SSSR count). The van der Waals surface area contributed by atoms with Gasteiger partial charge in [-0.2, -0.15) is 0 Å². The van der Waals surface area contributed by atoms with E-state index in [1.807, 2.05) is 19.1 Å². The number of ether oxygens (including phenoxy) is 3. The second-order valence-electron chi connectivity index (χ2n) is 7.22. The third kappa shape index (κ3) is 3.44. The fraction of sp³-hybridized carbons (Fsp3) is 0.500. The molecule has 1 saturated heterocycles. The summed E-state index contributed by atoms with van der Waals surface area (Å²) >= 11 is 0. The summed E-state index contributed by atoms with van der Waals surface area (Å²) in [4.78, 5) is 25.4. The molecular weight excluding hydrogens is 350 g/mol. The van der Waals surface area contributed by atoms with Gasteiger partial charge in [0.1, 0.15) is 24.9 Å². The summed E-state index contributed by atoms with van der Waals surface area (Å²) in [6.07, 6.45) is 2.36. The maximum absolute atomic E-state index is 12.5. The SMILES string of the molecule is COC(=O)Cc1c(C)c2ccc3c(c2oc1=O)C[NH+](C[C@H]1CCCO1)CO3. The number of hydrogen-bond acceptors (Lipinski definition) is 6. The van der Waals surface area contributed by atoms with E-state index >= 15 is 0 Å². The first kappa shape index (κ1) is 18.0. The van der Waals surface area contributed by atoms with Crippen molar-refractivity contribution < 1.29 is 28.3 Å². The number of aryl methyl sites for hydroxylation is 1. The van der Waals surface area contributed by atoms with Gasteiger partial charge < -0.3 is 18.6 Å². The van der Waals surface area contributed by atoms with E-state index in [4.69, 9.17) is 13.9 Å². The molecule has 1 unspecified atom stereocenters. The topological polar surface area (TPSA) is 79.4 Å². The zero-order valence-electron chi connectivity index (χ0n) is 15.6. The number of benzene rings is 1. The molecule has 0 bridgehead atoms. The van der Waals surface area contributed by atoms with Crippen LogP contribution in [0.15, 0.2) is 21.3 Å². The van der Waals surface area contributed by atoms with Crippen LogP contribution in [-0.2, 0) is 27.2 Å². The lowest BCUT2D eigenvalue weighted by Gasteiger charge is -2.28. The first-order valence-corrected chi connectivity index (χ1v) is 9.29. The van der Waals surface area contributed by atoms with Crippen molar-refractivity contribution in [2.24, 2.45) is 0 Å². The highest BCUT2D eigenvalue weighted by atomic mass is 16.5. The molecule has 0 radical (unpaired) electrons. The number of hydrogen-bond donors (Lipinski definition) is 1. The van der Waals surface area contributed by atoms with Crippen LogP contribution < -0.4 is 15.3 Å². The predicted octanol–water partition coefficient (Wildman–Crippen LogP) is 0.731. The molecular formula is C20H24NO6+. The molecule has 0 aliphatic carbocycles. The van der Waals surface area contributed by atoms with E-state index in [9.17, 15) is 9.59 Å². The standard InChI is InChI=1S/C20H23NO6/c1-12-14-5-6-17-16(10-21(11-26-17)9-13-4-3-7-25-13)19(14)27-20(23)15(12)8-18(22)24-2/h5-6,13H,3-4,7-11H2,1-2H3/p+1/t13-/m1/s1. The van der Waals surface area contributed by atoms with E-state index in [0.29, 0.717) is 24.4 Å². The number of nitrogens with one attached hydrogen (secondary N) is 1. The highest BCUT2D eigenvalue weighted by Crippen LogP contribution is 2.31. The first-order chi connectivity index (χ1) is 13.1. The van der Waals surface area contributed by atoms with Crippen molar-refractivity contribution in [3.8, 4) is 5.75 Å². The van der Waals surface area contributed by atoms with E-state index in [1.165, 1.54) is 12.0 Å². The third-order valence-corrected chi connectivity index (χ3v) is 5.46. The van der Waals surface area contributed by atoms with Crippen LogP contribution in [0, 0.1) is 6.92 Å². The molecule has 1 N–H and O–H groups in total. The van der Waals surface area contributed by atoms with E-state index in [2.05, 4.69) is 4.74 Å². The van der Waals surface area contributed by atoms with Crippen LogP contribution in [0.3, 0.4) is 0 Å². The predicted molar refractivity (Wildman–Crippen MR) is 96.9 cm³/mol. The molecule has 1 aromatic carbocycles. The van der Waals surface area contributed by atoms with Crippen LogP contribution in [0.4, 0.5) is 0 Å². The molecule has 0 spiro atoms. The van der Waals surface area contributed by atoms with Crippen molar-refractivity contribution in [1.82, 2.24) is 0 Å². The summed E-state index contributed by atoms with van der Waals surface area (Å²) < 4.78 is 22.0. The lowest BCUT2D eigenvalue weighted by molar-refractivity contribution is -0.935.